The molecule has 3 aromatic rings. The van der Waals surface area contributed by atoms with Crippen LogP contribution in [0.3, 0.4) is 0 Å². The highest BCUT2D eigenvalue weighted by atomic mass is 16.5. The standard InChI is InChI=1S/C33H44N2O/c1-4-6-7-8-9-13-24-36-32-22-20-30(21-23-32)33-34-25-31(26-35-33)29-18-16-28(17-19-29)15-12-10-11-14-27(3)5-2/h6-7,16-23,25-27H,4-5,8-15,24H2,1-3H3/b7-6-/t27-/m0/s1. The van der Waals surface area contributed by atoms with E-state index in [2.05, 4.69) is 67.2 Å². The molecule has 0 amide bonds. The van der Waals surface area contributed by atoms with Crippen LogP contribution < -0.4 is 4.74 Å². The first-order valence-corrected chi connectivity index (χ1v) is 14.0. The van der Waals surface area contributed by atoms with Crippen LogP contribution in [0.5, 0.6) is 5.75 Å². The van der Waals surface area contributed by atoms with E-state index in [-0.39, 0.29) is 0 Å². The Labute approximate surface area is 219 Å². The van der Waals surface area contributed by atoms with E-state index in [4.69, 9.17) is 4.74 Å². The maximum Gasteiger partial charge on any atom is 0.159 e. The van der Waals surface area contributed by atoms with Gasteiger partial charge in [0.2, 0.25) is 0 Å². The van der Waals surface area contributed by atoms with Crippen molar-refractivity contribution >= 4 is 0 Å². The summed E-state index contributed by atoms with van der Waals surface area (Å²) in [7, 11) is 0. The summed E-state index contributed by atoms with van der Waals surface area (Å²) in [6.07, 6.45) is 20.6. The Bertz CT molecular complexity index is 1010. The maximum atomic E-state index is 5.88. The van der Waals surface area contributed by atoms with Crippen LogP contribution in [0, 0.1) is 5.92 Å². The monoisotopic (exact) mass is 484 g/mol. The Morgan fingerprint density at radius 3 is 2.17 bits per heavy atom. The lowest BCUT2D eigenvalue weighted by molar-refractivity contribution is 0.307. The lowest BCUT2D eigenvalue weighted by atomic mass is 9.98. The molecule has 0 unspecified atom stereocenters. The van der Waals surface area contributed by atoms with Crippen molar-refractivity contribution in [1.29, 1.82) is 0 Å². The van der Waals surface area contributed by atoms with Crippen LogP contribution in [0.25, 0.3) is 22.5 Å². The molecule has 0 saturated heterocycles. The van der Waals surface area contributed by atoms with E-state index in [1.54, 1.807) is 0 Å². The van der Waals surface area contributed by atoms with Crippen molar-refractivity contribution in [2.24, 2.45) is 5.92 Å². The number of ether oxygens (including phenoxy) is 1. The van der Waals surface area contributed by atoms with Crippen molar-refractivity contribution in [2.45, 2.75) is 85.0 Å². The van der Waals surface area contributed by atoms with Gasteiger partial charge < -0.3 is 4.74 Å². The minimum absolute atomic E-state index is 0.738. The van der Waals surface area contributed by atoms with E-state index in [0.717, 1.165) is 72.9 Å². The van der Waals surface area contributed by atoms with Gasteiger partial charge in [-0.05, 0) is 79.8 Å². The molecule has 0 aliphatic rings. The van der Waals surface area contributed by atoms with Gasteiger partial charge in [0.15, 0.2) is 5.82 Å². The van der Waals surface area contributed by atoms with Crippen molar-refractivity contribution in [3.8, 4) is 28.3 Å². The van der Waals surface area contributed by atoms with E-state index in [1.165, 1.54) is 37.7 Å². The van der Waals surface area contributed by atoms with Crippen molar-refractivity contribution in [2.75, 3.05) is 6.61 Å². The van der Waals surface area contributed by atoms with Gasteiger partial charge in [-0.3, -0.25) is 0 Å². The largest absolute Gasteiger partial charge is 0.494 e. The second-order valence-corrected chi connectivity index (χ2v) is 9.85. The average molecular weight is 485 g/mol. The molecule has 0 saturated carbocycles. The van der Waals surface area contributed by atoms with Crippen LogP contribution in [0.1, 0.15) is 84.1 Å². The van der Waals surface area contributed by atoms with Crippen LogP contribution in [0.4, 0.5) is 0 Å². The molecular weight excluding hydrogens is 440 g/mol. The molecule has 3 heteroatoms. The predicted octanol–water partition coefficient (Wildman–Crippen LogP) is 9.47. The maximum absolute atomic E-state index is 5.88. The quantitative estimate of drug-likeness (QED) is 0.150. The summed E-state index contributed by atoms with van der Waals surface area (Å²) in [5.74, 6) is 2.50. The van der Waals surface area contributed by atoms with Gasteiger partial charge in [-0.2, -0.15) is 0 Å². The molecule has 0 N–H and O–H groups in total. The highest BCUT2D eigenvalue weighted by Gasteiger charge is 2.05. The third kappa shape index (κ3) is 9.60. The van der Waals surface area contributed by atoms with E-state index in [9.17, 15) is 0 Å². The van der Waals surface area contributed by atoms with E-state index < -0.39 is 0 Å². The van der Waals surface area contributed by atoms with Crippen molar-refractivity contribution in [1.82, 2.24) is 9.97 Å². The summed E-state index contributed by atoms with van der Waals surface area (Å²) in [5, 5.41) is 0. The smallest absolute Gasteiger partial charge is 0.159 e. The molecule has 0 fully saturated rings. The fraction of sp³-hybridized carbons (Fsp3) is 0.455. The van der Waals surface area contributed by atoms with Gasteiger partial charge in [-0.1, -0.05) is 82.9 Å². The van der Waals surface area contributed by atoms with Gasteiger partial charge in [0, 0.05) is 23.5 Å². The third-order valence-corrected chi connectivity index (χ3v) is 6.85. The zero-order chi connectivity index (χ0) is 25.4. The fourth-order valence-corrected chi connectivity index (χ4v) is 4.23. The van der Waals surface area contributed by atoms with Crippen LogP contribution in [-0.2, 0) is 6.42 Å². The Kier molecular flexibility index (Phi) is 12.2. The van der Waals surface area contributed by atoms with Crippen molar-refractivity contribution < 1.29 is 4.74 Å². The zero-order valence-electron chi connectivity index (χ0n) is 22.6. The van der Waals surface area contributed by atoms with Gasteiger partial charge in [-0.15, -0.1) is 0 Å². The third-order valence-electron chi connectivity index (χ3n) is 6.85. The Balaban J connectivity index is 1.44. The lowest BCUT2D eigenvalue weighted by Crippen LogP contribution is -1.97. The molecule has 2 aromatic carbocycles. The normalized spacial score (nSPS) is 12.2. The van der Waals surface area contributed by atoms with E-state index in [0.29, 0.717) is 0 Å². The number of aromatic nitrogens is 2. The van der Waals surface area contributed by atoms with Gasteiger partial charge in [0.25, 0.3) is 0 Å². The molecule has 3 rings (SSSR count). The molecule has 192 valence electrons. The first kappa shape index (κ1) is 27.6. The molecular formula is C33H44N2O. The summed E-state index contributed by atoms with van der Waals surface area (Å²) in [5.41, 5.74) is 4.63. The number of hydrogen-bond donors (Lipinski definition) is 0. The molecule has 3 nitrogen and oxygen atoms in total. The summed E-state index contributed by atoms with van der Waals surface area (Å²) < 4.78 is 5.88. The SMILES string of the molecule is CC/C=C\CCCCOc1ccc(-c2ncc(-c3ccc(CCCCC[C@@H](C)CC)cc3)cn2)cc1. The molecule has 0 bridgehead atoms. The van der Waals surface area contributed by atoms with Gasteiger partial charge >= 0.3 is 0 Å². The summed E-state index contributed by atoms with van der Waals surface area (Å²) in [6, 6.07) is 17.0. The molecule has 1 atom stereocenters. The van der Waals surface area contributed by atoms with E-state index in [1.807, 2.05) is 36.7 Å². The van der Waals surface area contributed by atoms with E-state index >= 15 is 0 Å². The number of nitrogens with zero attached hydrogens (tertiary/aromatic N) is 2. The minimum Gasteiger partial charge on any atom is -0.494 e. The molecule has 0 aliphatic carbocycles. The van der Waals surface area contributed by atoms with Crippen LogP contribution in [-0.4, -0.2) is 16.6 Å². The number of aryl methyl sites for hydroxylation is 1. The molecule has 0 aliphatic heterocycles. The van der Waals surface area contributed by atoms with Crippen molar-refractivity contribution in [3.63, 3.8) is 0 Å². The minimum atomic E-state index is 0.738. The number of unbranched alkanes of at least 4 members (excludes halogenated alkanes) is 4. The second kappa shape index (κ2) is 15.9. The molecule has 36 heavy (non-hydrogen) atoms. The van der Waals surface area contributed by atoms with Crippen LogP contribution >= 0.6 is 0 Å². The number of allylic oxidation sites excluding steroid dienone is 2. The number of benzene rings is 2. The zero-order valence-corrected chi connectivity index (χ0v) is 22.6. The van der Waals surface area contributed by atoms with Crippen LogP contribution in [0.2, 0.25) is 0 Å². The first-order chi connectivity index (χ1) is 17.7. The molecule has 0 spiro atoms. The molecule has 1 heterocycles. The fourth-order valence-electron chi connectivity index (χ4n) is 4.23. The summed E-state index contributed by atoms with van der Waals surface area (Å²) >= 11 is 0. The Morgan fingerprint density at radius 1 is 0.750 bits per heavy atom. The predicted molar refractivity (Wildman–Crippen MR) is 153 cm³/mol. The Hall–Kier alpha value is -2.94. The highest BCUT2D eigenvalue weighted by Crippen LogP contribution is 2.23. The Morgan fingerprint density at radius 2 is 1.47 bits per heavy atom. The van der Waals surface area contributed by atoms with Crippen LogP contribution in [0.15, 0.2) is 73.1 Å². The number of rotatable bonds is 16. The molecule has 0 radical (unpaired) electrons. The average Bonchev–Trinajstić information content (AvgIpc) is 2.93. The van der Waals surface area contributed by atoms with Gasteiger partial charge in [-0.25, -0.2) is 9.97 Å². The first-order valence-electron chi connectivity index (χ1n) is 14.0. The second-order valence-electron chi connectivity index (χ2n) is 9.85. The molecule has 1 aromatic heterocycles. The summed E-state index contributed by atoms with van der Waals surface area (Å²) in [6.45, 7) is 7.56. The van der Waals surface area contributed by atoms with Crippen molar-refractivity contribution in [3.05, 3.63) is 78.6 Å². The number of hydrogen-bond acceptors (Lipinski definition) is 3. The van der Waals surface area contributed by atoms with Gasteiger partial charge in [0.1, 0.15) is 5.75 Å². The van der Waals surface area contributed by atoms with Gasteiger partial charge in [0.05, 0.1) is 6.61 Å². The topological polar surface area (TPSA) is 35.0 Å². The lowest BCUT2D eigenvalue weighted by Gasteiger charge is -2.08. The summed E-state index contributed by atoms with van der Waals surface area (Å²) in [4.78, 5) is 9.24. The highest BCUT2D eigenvalue weighted by molar-refractivity contribution is 5.64.